The lowest BCUT2D eigenvalue weighted by Gasteiger charge is -2.06. The van der Waals surface area contributed by atoms with Crippen LogP contribution in [0, 0.1) is 0 Å². The molecule has 0 aromatic heterocycles. The number of ether oxygens (including phenoxy) is 2. The van der Waals surface area contributed by atoms with Crippen LogP contribution in [0.15, 0.2) is 35.7 Å². The van der Waals surface area contributed by atoms with E-state index in [2.05, 4.69) is 32.6 Å². The number of hydrogen-bond donors (Lipinski definition) is 0. The summed E-state index contributed by atoms with van der Waals surface area (Å²) in [6.45, 7) is 2.86. The van der Waals surface area contributed by atoms with Crippen molar-refractivity contribution in [3.8, 4) is 0 Å². The molecule has 32 heavy (non-hydrogen) atoms. The van der Waals surface area contributed by atoms with E-state index >= 15 is 0 Å². The SMILES string of the molecule is CSC1=C(SC)SC(=C2SC(SCCOCCN=[N+]=[N-])=C(SCCOCCN=[N+]=[N-])S2)S1. The molecule has 8 nitrogen and oxygen atoms in total. The molecule has 0 aliphatic carbocycles. The Bertz CT molecular complexity index is 761. The summed E-state index contributed by atoms with van der Waals surface area (Å²) >= 11 is 14.7. The van der Waals surface area contributed by atoms with Crippen molar-refractivity contribution in [3.63, 3.8) is 0 Å². The van der Waals surface area contributed by atoms with Gasteiger partial charge in [-0.25, -0.2) is 0 Å². The number of rotatable bonds is 16. The minimum atomic E-state index is 0.364. The summed E-state index contributed by atoms with van der Waals surface area (Å²) in [4.78, 5) is 5.46. The van der Waals surface area contributed by atoms with Crippen molar-refractivity contribution >= 4 is 94.1 Å². The van der Waals surface area contributed by atoms with Gasteiger partial charge in [-0.3, -0.25) is 0 Å². The second-order valence-corrected chi connectivity index (χ2v) is 14.8. The van der Waals surface area contributed by atoms with Crippen LogP contribution in [0.5, 0.6) is 0 Å². The molecule has 0 aromatic rings. The van der Waals surface area contributed by atoms with Gasteiger partial charge in [0, 0.05) is 34.4 Å². The third-order valence-corrected chi connectivity index (χ3v) is 14.5. The topological polar surface area (TPSA) is 116 Å². The molecule has 0 spiro atoms. The fourth-order valence-corrected chi connectivity index (χ4v) is 13.0. The summed E-state index contributed by atoms with van der Waals surface area (Å²) in [5.41, 5.74) is 16.6. The Balaban J connectivity index is 1.89. The van der Waals surface area contributed by atoms with Gasteiger partial charge in [0.1, 0.15) is 0 Å². The molecule has 2 heterocycles. The molecular formula is C16H22N6O2S8. The molecule has 176 valence electrons. The monoisotopic (exact) mass is 586 g/mol. The molecule has 0 unspecified atom stereocenters. The fourth-order valence-electron chi connectivity index (χ4n) is 2.03. The molecule has 16 heteroatoms. The van der Waals surface area contributed by atoms with Crippen molar-refractivity contribution in [2.45, 2.75) is 0 Å². The summed E-state index contributed by atoms with van der Waals surface area (Å²) in [5.74, 6) is 1.69. The van der Waals surface area contributed by atoms with Gasteiger partial charge in [0.2, 0.25) is 0 Å². The normalized spacial score (nSPS) is 16.1. The van der Waals surface area contributed by atoms with Crippen LogP contribution in [0.4, 0.5) is 0 Å². The Labute approximate surface area is 222 Å². The number of azide groups is 2. The molecule has 2 aliphatic heterocycles. The van der Waals surface area contributed by atoms with Crippen molar-refractivity contribution in [1.82, 2.24) is 0 Å². The van der Waals surface area contributed by atoms with Crippen molar-refractivity contribution in [3.05, 3.63) is 46.3 Å². The number of thioether (sulfide) groups is 8. The van der Waals surface area contributed by atoms with Gasteiger partial charge in [0.25, 0.3) is 0 Å². The third kappa shape index (κ3) is 10.4. The first-order valence-electron chi connectivity index (χ1n) is 9.18. The molecule has 0 bridgehead atoms. The van der Waals surface area contributed by atoms with Gasteiger partial charge in [-0.05, 0) is 23.6 Å². The Kier molecular flexibility index (Phi) is 16.1. The summed E-state index contributed by atoms with van der Waals surface area (Å²) in [5, 5.41) is 6.96. The van der Waals surface area contributed by atoms with Gasteiger partial charge < -0.3 is 9.47 Å². The van der Waals surface area contributed by atoms with E-state index in [4.69, 9.17) is 20.5 Å². The first-order chi connectivity index (χ1) is 15.7. The lowest BCUT2D eigenvalue weighted by molar-refractivity contribution is 0.158. The van der Waals surface area contributed by atoms with Gasteiger partial charge in [-0.15, -0.1) is 47.0 Å². The van der Waals surface area contributed by atoms with Crippen molar-refractivity contribution in [2.24, 2.45) is 10.2 Å². The third-order valence-electron chi connectivity index (χ3n) is 3.33. The minimum absolute atomic E-state index is 0.364. The van der Waals surface area contributed by atoms with Gasteiger partial charge in [0.15, 0.2) is 0 Å². The van der Waals surface area contributed by atoms with Crippen LogP contribution in [-0.2, 0) is 9.47 Å². The van der Waals surface area contributed by atoms with Gasteiger partial charge in [-0.1, -0.05) is 57.3 Å². The minimum Gasteiger partial charge on any atom is -0.380 e. The highest BCUT2D eigenvalue weighted by Gasteiger charge is 2.30. The summed E-state index contributed by atoms with van der Waals surface area (Å²) in [7, 11) is 0. The van der Waals surface area contributed by atoms with Crippen molar-refractivity contribution in [2.75, 3.05) is 63.5 Å². The molecule has 0 saturated carbocycles. The second kappa shape index (κ2) is 17.9. The number of nitrogens with zero attached hydrogens (tertiary/aromatic N) is 6. The standard InChI is InChI=1S/C16H22N6O2S8/c1-25-11-12(26-2)30-15(29-11)16-31-13(27-9-7-23-5-3-19-21-17)14(32-16)28-10-8-24-6-4-20-22-18/h3-10H2,1-2H3. The summed E-state index contributed by atoms with van der Waals surface area (Å²) < 4.78 is 19.2. The highest BCUT2D eigenvalue weighted by molar-refractivity contribution is 8.45. The first-order valence-corrected chi connectivity index (χ1v) is 16.9. The zero-order valence-corrected chi connectivity index (χ0v) is 24.0. The highest BCUT2D eigenvalue weighted by atomic mass is 32.3. The second-order valence-electron chi connectivity index (χ2n) is 5.37. The van der Waals surface area contributed by atoms with Gasteiger partial charge in [-0.2, -0.15) is 0 Å². The van der Waals surface area contributed by atoms with E-state index < -0.39 is 0 Å². The van der Waals surface area contributed by atoms with E-state index in [1.165, 1.54) is 25.4 Å². The van der Waals surface area contributed by atoms with Crippen LogP contribution >= 0.6 is 94.1 Å². The highest BCUT2D eigenvalue weighted by Crippen LogP contribution is 2.65. The van der Waals surface area contributed by atoms with E-state index in [1.54, 1.807) is 23.5 Å². The Morgan fingerprint density at radius 2 is 1.09 bits per heavy atom. The Morgan fingerprint density at radius 1 is 0.688 bits per heavy atom. The Morgan fingerprint density at radius 3 is 1.47 bits per heavy atom. The zero-order valence-electron chi connectivity index (χ0n) is 17.4. The van der Waals surface area contributed by atoms with Crippen LogP contribution in [-0.4, -0.2) is 63.5 Å². The summed E-state index contributed by atoms with van der Waals surface area (Å²) in [6.07, 6.45) is 4.26. The molecule has 0 N–H and O–H groups in total. The van der Waals surface area contributed by atoms with Crippen LogP contribution < -0.4 is 0 Å². The molecular weight excluding hydrogens is 565 g/mol. The molecule has 0 amide bonds. The smallest absolute Gasteiger partial charge is 0.0717 e. The molecule has 0 radical (unpaired) electrons. The molecule has 0 atom stereocenters. The Hall–Kier alpha value is 0.560. The maximum atomic E-state index is 8.31. The lowest BCUT2D eigenvalue weighted by atomic mass is 10.7. The van der Waals surface area contributed by atoms with Crippen molar-refractivity contribution < 1.29 is 9.47 Å². The average Bonchev–Trinajstić information content (AvgIpc) is 3.41. The predicted molar refractivity (Wildman–Crippen MR) is 153 cm³/mol. The van der Waals surface area contributed by atoms with E-state index in [1.807, 2.05) is 70.6 Å². The van der Waals surface area contributed by atoms with Crippen LogP contribution in [0.1, 0.15) is 0 Å². The molecule has 0 saturated heterocycles. The molecule has 0 aromatic carbocycles. The van der Waals surface area contributed by atoms with E-state index in [-0.39, 0.29) is 0 Å². The average molecular weight is 587 g/mol. The van der Waals surface area contributed by atoms with Gasteiger partial charge >= 0.3 is 0 Å². The van der Waals surface area contributed by atoms with Gasteiger partial charge in [0.05, 0.1) is 51.9 Å². The largest absolute Gasteiger partial charge is 0.380 e. The van der Waals surface area contributed by atoms with E-state index in [9.17, 15) is 0 Å². The zero-order chi connectivity index (χ0) is 23.0. The predicted octanol–water partition coefficient (Wildman–Crippen LogP) is 8.17. The lowest BCUT2D eigenvalue weighted by Crippen LogP contribution is -2.02. The number of hydrogen-bond acceptors (Lipinski definition) is 12. The maximum absolute atomic E-state index is 8.31. The van der Waals surface area contributed by atoms with E-state index in [0.717, 1.165) is 11.5 Å². The van der Waals surface area contributed by atoms with E-state index in [0.29, 0.717) is 39.5 Å². The molecule has 2 rings (SSSR count). The van der Waals surface area contributed by atoms with Crippen LogP contribution in [0.25, 0.3) is 20.9 Å². The fraction of sp³-hybridized carbons (Fsp3) is 0.625. The van der Waals surface area contributed by atoms with Crippen LogP contribution in [0.3, 0.4) is 0 Å². The van der Waals surface area contributed by atoms with Crippen LogP contribution in [0.2, 0.25) is 0 Å². The molecule has 2 aliphatic rings. The maximum Gasteiger partial charge on any atom is 0.0717 e. The van der Waals surface area contributed by atoms with Crippen molar-refractivity contribution in [1.29, 1.82) is 0 Å². The molecule has 0 fully saturated rings. The first kappa shape index (κ1) is 28.8. The summed E-state index contributed by atoms with van der Waals surface area (Å²) in [6, 6.07) is 0. The quantitative estimate of drug-likeness (QED) is 0.0758.